The Hall–Kier alpha value is -2.67. The molecule has 0 saturated carbocycles. The van der Waals surface area contributed by atoms with Crippen LogP contribution in [0, 0.1) is 27.2 Å². The molecule has 2 aromatic rings. The first-order valence-corrected chi connectivity index (χ1v) is 6.95. The molecule has 0 atom stereocenters. The van der Waals surface area contributed by atoms with Gasteiger partial charge in [0.1, 0.15) is 5.02 Å². The van der Waals surface area contributed by atoms with E-state index < -0.39 is 15.5 Å². The molecule has 0 amide bonds. The molecule has 0 spiro atoms. The van der Waals surface area contributed by atoms with Crippen molar-refractivity contribution in [1.29, 1.82) is 0 Å². The van der Waals surface area contributed by atoms with Crippen LogP contribution in [-0.4, -0.2) is 15.0 Å². The zero-order valence-electron chi connectivity index (χ0n) is 11.6. The normalized spacial score (nSPS) is 10.0. The molecule has 2 rings (SSSR count). The monoisotopic (exact) mass is 349 g/mol. The Balaban J connectivity index is 2.97. The van der Waals surface area contributed by atoms with E-state index in [4.69, 9.17) is 11.6 Å². The molecule has 0 aliphatic carbocycles. The third kappa shape index (κ3) is 3.24. The van der Waals surface area contributed by atoms with Crippen molar-refractivity contribution in [2.75, 3.05) is 0 Å². The lowest BCUT2D eigenvalue weighted by Crippen LogP contribution is -1.98. The molecule has 9 heteroatoms. The van der Waals surface area contributed by atoms with Gasteiger partial charge < -0.3 is 0 Å². The molecule has 0 radical (unpaired) electrons. The summed E-state index contributed by atoms with van der Waals surface area (Å²) in [4.78, 5) is 25.2. The van der Waals surface area contributed by atoms with E-state index in [2.05, 4.69) is 22.4 Å². The molecule has 2 aromatic carbocycles. The standard InChI is InChI=1S/C14H8ClN3O4S/c1-8-2-3-9(12(6-8)17(19)20)13-11(16-7-23)5-4-10(15)14(13)18(21)22/h2-6H,1H3. The third-order valence-corrected chi connectivity index (χ3v) is 3.47. The molecule has 116 valence electrons. The Bertz CT molecular complexity index is 879. The highest BCUT2D eigenvalue weighted by Gasteiger charge is 2.28. The first kappa shape index (κ1) is 16.7. The largest absolute Gasteiger partial charge is 0.298 e. The minimum Gasteiger partial charge on any atom is -0.258 e. The minimum absolute atomic E-state index is 0.0406. The Labute approximate surface area is 140 Å². The van der Waals surface area contributed by atoms with Crippen LogP contribution in [0.4, 0.5) is 17.1 Å². The van der Waals surface area contributed by atoms with Crippen LogP contribution in [0.1, 0.15) is 5.56 Å². The molecule has 0 aliphatic heterocycles. The molecule has 0 aliphatic rings. The van der Waals surface area contributed by atoms with Gasteiger partial charge in [-0.15, -0.1) is 0 Å². The van der Waals surface area contributed by atoms with Crippen LogP contribution >= 0.6 is 23.8 Å². The van der Waals surface area contributed by atoms with Crippen LogP contribution in [0.15, 0.2) is 35.3 Å². The molecule has 0 saturated heterocycles. The average Bonchev–Trinajstić information content (AvgIpc) is 2.48. The van der Waals surface area contributed by atoms with E-state index in [0.29, 0.717) is 5.56 Å². The maximum Gasteiger partial charge on any atom is 0.298 e. The predicted octanol–water partition coefficient (Wildman–Crippen LogP) is 4.87. The van der Waals surface area contributed by atoms with Crippen LogP contribution in [0.3, 0.4) is 0 Å². The van der Waals surface area contributed by atoms with Gasteiger partial charge in [-0.25, -0.2) is 0 Å². The van der Waals surface area contributed by atoms with Crippen molar-refractivity contribution >= 4 is 46.0 Å². The number of rotatable bonds is 4. The summed E-state index contributed by atoms with van der Waals surface area (Å²) < 4.78 is 0. The summed E-state index contributed by atoms with van der Waals surface area (Å²) in [5.74, 6) is 0. The molecule has 0 unspecified atom stereocenters. The lowest BCUT2D eigenvalue weighted by molar-refractivity contribution is -0.386. The highest BCUT2D eigenvalue weighted by atomic mass is 35.5. The molecule has 0 fully saturated rings. The second-order valence-corrected chi connectivity index (χ2v) is 5.12. The number of hydrogen-bond acceptors (Lipinski definition) is 6. The molecule has 0 heterocycles. The van der Waals surface area contributed by atoms with E-state index in [-0.39, 0.29) is 27.5 Å². The summed E-state index contributed by atoms with van der Waals surface area (Å²) in [5, 5.41) is 24.7. The maximum atomic E-state index is 11.4. The van der Waals surface area contributed by atoms with Gasteiger partial charge >= 0.3 is 0 Å². The lowest BCUT2D eigenvalue weighted by atomic mass is 9.98. The third-order valence-electron chi connectivity index (χ3n) is 3.07. The summed E-state index contributed by atoms with van der Waals surface area (Å²) in [6.07, 6.45) is 0. The van der Waals surface area contributed by atoms with Crippen LogP contribution in [0.25, 0.3) is 11.1 Å². The summed E-state index contributed by atoms with van der Waals surface area (Å²) >= 11 is 10.4. The zero-order chi connectivity index (χ0) is 17.1. The number of aryl methyl sites for hydroxylation is 1. The number of aliphatic imine (C=N–C) groups is 1. The van der Waals surface area contributed by atoms with Crippen molar-refractivity contribution in [2.45, 2.75) is 6.92 Å². The van der Waals surface area contributed by atoms with Gasteiger partial charge in [0.05, 0.1) is 31.8 Å². The first-order valence-electron chi connectivity index (χ1n) is 6.17. The number of nitro benzene ring substituents is 2. The molecule has 23 heavy (non-hydrogen) atoms. The van der Waals surface area contributed by atoms with E-state index in [9.17, 15) is 20.2 Å². The van der Waals surface area contributed by atoms with Gasteiger partial charge in [-0.05, 0) is 42.9 Å². The Morgan fingerprint density at radius 1 is 1.17 bits per heavy atom. The van der Waals surface area contributed by atoms with Gasteiger partial charge in [0, 0.05) is 6.07 Å². The number of thiocarbonyl (C=S) groups is 1. The van der Waals surface area contributed by atoms with Crippen molar-refractivity contribution in [3.05, 3.63) is 61.1 Å². The SMILES string of the molecule is Cc1ccc(-c2c(N=C=S)ccc(Cl)c2[N+](=O)[O-])c([N+](=O)[O-])c1. The van der Waals surface area contributed by atoms with E-state index in [0.717, 1.165) is 0 Å². The van der Waals surface area contributed by atoms with Crippen LogP contribution in [0.5, 0.6) is 0 Å². The smallest absolute Gasteiger partial charge is 0.258 e. The van der Waals surface area contributed by atoms with Crippen molar-refractivity contribution in [3.8, 4) is 11.1 Å². The topological polar surface area (TPSA) is 98.6 Å². The number of benzene rings is 2. The van der Waals surface area contributed by atoms with Crippen molar-refractivity contribution < 1.29 is 9.85 Å². The summed E-state index contributed by atoms with van der Waals surface area (Å²) in [7, 11) is 0. The Morgan fingerprint density at radius 3 is 2.43 bits per heavy atom. The highest BCUT2D eigenvalue weighted by Crippen LogP contribution is 2.45. The number of halogens is 1. The van der Waals surface area contributed by atoms with E-state index >= 15 is 0 Å². The van der Waals surface area contributed by atoms with Gasteiger partial charge in [0.15, 0.2) is 0 Å². The number of nitrogens with zero attached hydrogens (tertiary/aromatic N) is 3. The average molecular weight is 350 g/mol. The van der Waals surface area contributed by atoms with Gasteiger partial charge in [-0.1, -0.05) is 17.7 Å². The van der Waals surface area contributed by atoms with E-state index in [1.165, 1.54) is 24.3 Å². The number of isothiocyanates is 1. The first-order chi connectivity index (χ1) is 10.9. The Kier molecular flexibility index (Phi) is 4.80. The fraction of sp³-hybridized carbons (Fsp3) is 0.0714. The van der Waals surface area contributed by atoms with Crippen molar-refractivity contribution in [3.63, 3.8) is 0 Å². The summed E-state index contributed by atoms with van der Waals surface area (Å²) in [6.45, 7) is 1.68. The maximum absolute atomic E-state index is 11.4. The molecular weight excluding hydrogens is 342 g/mol. The second-order valence-electron chi connectivity index (χ2n) is 4.53. The lowest BCUT2D eigenvalue weighted by Gasteiger charge is -2.09. The second kappa shape index (κ2) is 6.62. The predicted molar refractivity (Wildman–Crippen MR) is 89.6 cm³/mol. The fourth-order valence-electron chi connectivity index (χ4n) is 2.15. The number of nitro groups is 2. The van der Waals surface area contributed by atoms with E-state index in [1.807, 2.05) is 0 Å². The summed E-state index contributed by atoms with van der Waals surface area (Å²) in [5.41, 5.74) is -0.0419. The van der Waals surface area contributed by atoms with Gasteiger partial charge in [-0.2, -0.15) is 4.99 Å². The quantitative estimate of drug-likeness (QED) is 0.339. The highest BCUT2D eigenvalue weighted by molar-refractivity contribution is 7.78. The van der Waals surface area contributed by atoms with E-state index in [1.54, 1.807) is 13.0 Å². The zero-order valence-corrected chi connectivity index (χ0v) is 13.2. The molecule has 0 bridgehead atoms. The minimum atomic E-state index is -0.705. The number of hydrogen-bond donors (Lipinski definition) is 0. The van der Waals surface area contributed by atoms with Crippen LogP contribution in [-0.2, 0) is 0 Å². The van der Waals surface area contributed by atoms with Crippen molar-refractivity contribution in [1.82, 2.24) is 0 Å². The molecular formula is C14H8ClN3O4S. The molecule has 7 nitrogen and oxygen atoms in total. The molecule has 0 N–H and O–H groups in total. The summed E-state index contributed by atoms with van der Waals surface area (Å²) in [6, 6.07) is 7.04. The van der Waals surface area contributed by atoms with Crippen LogP contribution < -0.4 is 0 Å². The molecule has 0 aromatic heterocycles. The Morgan fingerprint density at radius 2 is 1.87 bits per heavy atom. The van der Waals surface area contributed by atoms with Gasteiger partial charge in [0.2, 0.25) is 0 Å². The van der Waals surface area contributed by atoms with Gasteiger partial charge in [-0.3, -0.25) is 20.2 Å². The van der Waals surface area contributed by atoms with Crippen molar-refractivity contribution in [2.24, 2.45) is 4.99 Å². The fourth-order valence-corrected chi connectivity index (χ4v) is 2.47. The van der Waals surface area contributed by atoms with Crippen LogP contribution in [0.2, 0.25) is 5.02 Å². The van der Waals surface area contributed by atoms with Gasteiger partial charge in [0.25, 0.3) is 11.4 Å².